The van der Waals surface area contributed by atoms with Gasteiger partial charge in [0.05, 0.1) is 0 Å². The average molecular weight is 450 g/mol. The zero-order chi connectivity index (χ0) is 23.8. The van der Waals surface area contributed by atoms with Crippen LogP contribution in [0.4, 0.5) is 16.2 Å². The van der Waals surface area contributed by atoms with Crippen LogP contribution in [0.3, 0.4) is 0 Å². The van der Waals surface area contributed by atoms with E-state index in [0.29, 0.717) is 38.3 Å². The second kappa shape index (κ2) is 11.2. The Balaban J connectivity index is 1.51. The monoisotopic (exact) mass is 449 g/mol. The first-order valence-corrected chi connectivity index (χ1v) is 11.2. The van der Waals surface area contributed by atoms with E-state index in [0.717, 1.165) is 22.2 Å². The second-order valence-electron chi connectivity index (χ2n) is 7.79. The number of carbonyl (C=O) groups excluding carboxylic acids is 3. The number of nitrogens with one attached hydrogen (secondary N) is 3. The molecule has 174 valence electrons. The van der Waals surface area contributed by atoms with E-state index in [9.17, 15) is 14.4 Å². The van der Waals surface area contributed by atoms with Crippen LogP contribution >= 0.6 is 0 Å². The Morgan fingerprint density at radius 2 is 1.61 bits per heavy atom. The van der Waals surface area contributed by atoms with Crippen LogP contribution in [0.5, 0.6) is 0 Å². The Morgan fingerprint density at radius 3 is 2.27 bits per heavy atom. The summed E-state index contributed by atoms with van der Waals surface area (Å²) in [5.74, 6) is -0.0206. The number of nitrogens with zero attached hydrogens (tertiary/aromatic N) is 2. The first-order valence-electron chi connectivity index (χ1n) is 11.2. The molecule has 8 heteroatoms. The zero-order valence-corrected chi connectivity index (χ0v) is 19.4. The fraction of sp³-hybridized carbons (Fsp3) is 0.320. The lowest BCUT2D eigenvalue weighted by Gasteiger charge is -2.19. The predicted octanol–water partition coefficient (Wildman–Crippen LogP) is 3.83. The largest absolute Gasteiger partial charge is 0.342 e. The number of rotatable bonds is 9. The first kappa shape index (κ1) is 23.8. The Labute approximate surface area is 193 Å². The lowest BCUT2D eigenvalue weighted by molar-refractivity contribution is -0.131. The quantitative estimate of drug-likeness (QED) is 0.463. The van der Waals surface area contributed by atoms with E-state index in [1.54, 1.807) is 0 Å². The first-order chi connectivity index (χ1) is 15.9. The van der Waals surface area contributed by atoms with E-state index in [1.807, 2.05) is 78.0 Å². The number of aromatic nitrogens is 1. The van der Waals surface area contributed by atoms with E-state index in [2.05, 4.69) is 16.0 Å². The van der Waals surface area contributed by atoms with Gasteiger partial charge in [-0.05, 0) is 62.2 Å². The highest BCUT2D eigenvalue weighted by molar-refractivity contribution is 5.93. The molecule has 3 rings (SSSR count). The molecule has 0 spiro atoms. The molecule has 0 aliphatic rings. The van der Waals surface area contributed by atoms with Crippen LogP contribution in [0.25, 0.3) is 10.9 Å². The third-order valence-corrected chi connectivity index (χ3v) is 5.42. The van der Waals surface area contributed by atoms with Crippen molar-refractivity contribution in [3.63, 3.8) is 0 Å². The van der Waals surface area contributed by atoms with Gasteiger partial charge in [-0.15, -0.1) is 0 Å². The smallest absolute Gasteiger partial charge is 0.319 e. The minimum atomic E-state index is -0.277. The fourth-order valence-electron chi connectivity index (χ4n) is 3.69. The van der Waals surface area contributed by atoms with Crippen LogP contribution in [-0.2, 0) is 22.6 Å². The molecule has 3 N–H and O–H groups in total. The molecule has 0 fully saturated rings. The van der Waals surface area contributed by atoms with E-state index in [4.69, 9.17) is 0 Å². The molecular weight excluding hydrogens is 418 g/mol. The summed E-state index contributed by atoms with van der Waals surface area (Å²) in [6.07, 6.45) is 2.57. The third kappa shape index (κ3) is 6.58. The average Bonchev–Trinajstić information content (AvgIpc) is 3.17. The van der Waals surface area contributed by atoms with Gasteiger partial charge in [0.2, 0.25) is 11.8 Å². The minimum Gasteiger partial charge on any atom is -0.342 e. The summed E-state index contributed by atoms with van der Waals surface area (Å²) in [5, 5.41) is 9.40. The molecule has 0 saturated carbocycles. The molecule has 1 aromatic heterocycles. The molecule has 0 bridgehead atoms. The molecular formula is C25H31N5O3. The molecule has 8 nitrogen and oxygen atoms in total. The van der Waals surface area contributed by atoms with Gasteiger partial charge >= 0.3 is 6.03 Å². The summed E-state index contributed by atoms with van der Waals surface area (Å²) in [4.78, 5) is 37.6. The maximum atomic E-state index is 12.4. The SMILES string of the molecule is CCN(CC)C(=O)Cn1ccc2cc(NC(=O)NCCc3ccc(NC(C)=O)cc3)ccc21. The van der Waals surface area contributed by atoms with Crippen LogP contribution in [-0.4, -0.2) is 46.9 Å². The van der Waals surface area contributed by atoms with E-state index in [1.165, 1.54) is 6.92 Å². The fourth-order valence-corrected chi connectivity index (χ4v) is 3.69. The van der Waals surface area contributed by atoms with Crippen LogP contribution < -0.4 is 16.0 Å². The number of benzene rings is 2. The highest BCUT2D eigenvalue weighted by Gasteiger charge is 2.12. The minimum absolute atomic E-state index is 0.0869. The summed E-state index contributed by atoms with van der Waals surface area (Å²) in [5.41, 5.74) is 3.45. The van der Waals surface area contributed by atoms with Crippen molar-refractivity contribution in [1.82, 2.24) is 14.8 Å². The van der Waals surface area contributed by atoms with Gasteiger partial charge in [0.25, 0.3) is 0 Å². The van der Waals surface area contributed by atoms with Crippen LogP contribution in [0.1, 0.15) is 26.3 Å². The molecule has 33 heavy (non-hydrogen) atoms. The highest BCUT2D eigenvalue weighted by Crippen LogP contribution is 2.21. The van der Waals surface area contributed by atoms with Crippen LogP contribution in [0.15, 0.2) is 54.7 Å². The molecule has 0 unspecified atom stereocenters. The number of urea groups is 1. The number of carbonyl (C=O) groups is 3. The van der Waals surface area contributed by atoms with Crippen LogP contribution in [0, 0.1) is 0 Å². The van der Waals surface area contributed by atoms with Crippen LogP contribution in [0.2, 0.25) is 0 Å². The number of likely N-dealkylation sites (N-methyl/N-ethyl adjacent to an activating group) is 1. The van der Waals surface area contributed by atoms with Crippen molar-refractivity contribution in [2.45, 2.75) is 33.7 Å². The van der Waals surface area contributed by atoms with E-state index >= 15 is 0 Å². The maximum Gasteiger partial charge on any atom is 0.319 e. The predicted molar refractivity (Wildman–Crippen MR) is 131 cm³/mol. The summed E-state index contributed by atoms with van der Waals surface area (Å²) in [6.45, 7) is 7.59. The van der Waals surface area contributed by atoms with Crippen molar-refractivity contribution in [3.05, 3.63) is 60.3 Å². The van der Waals surface area contributed by atoms with Gasteiger partial charge in [-0.2, -0.15) is 0 Å². The van der Waals surface area contributed by atoms with E-state index < -0.39 is 0 Å². The van der Waals surface area contributed by atoms with E-state index in [-0.39, 0.29) is 17.8 Å². The van der Waals surface area contributed by atoms with Gasteiger partial charge < -0.3 is 25.4 Å². The lowest BCUT2D eigenvalue weighted by atomic mass is 10.1. The summed E-state index contributed by atoms with van der Waals surface area (Å²) < 4.78 is 1.93. The van der Waals surface area contributed by atoms with Gasteiger partial charge in [0.1, 0.15) is 6.54 Å². The van der Waals surface area contributed by atoms with Crippen molar-refractivity contribution in [1.29, 1.82) is 0 Å². The number of anilines is 2. The standard InChI is InChI=1S/C25H31N5O3/c1-4-29(5-2)24(32)17-30-15-13-20-16-22(10-11-23(20)30)28-25(33)26-14-12-19-6-8-21(9-7-19)27-18(3)31/h6-11,13,15-16H,4-5,12,14,17H2,1-3H3,(H,27,31)(H2,26,28,33). The Kier molecular flexibility index (Phi) is 8.07. The topological polar surface area (TPSA) is 95.5 Å². The number of amides is 4. The molecule has 0 aliphatic heterocycles. The van der Waals surface area contributed by atoms with Gasteiger partial charge in [-0.25, -0.2) is 4.79 Å². The molecule has 2 aromatic carbocycles. The van der Waals surface area contributed by atoms with Crippen molar-refractivity contribution in [2.75, 3.05) is 30.3 Å². The summed E-state index contributed by atoms with van der Waals surface area (Å²) >= 11 is 0. The molecule has 0 saturated heterocycles. The van der Waals surface area contributed by atoms with Crippen molar-refractivity contribution in [3.8, 4) is 0 Å². The highest BCUT2D eigenvalue weighted by atomic mass is 16.2. The molecule has 4 amide bonds. The Bertz CT molecular complexity index is 1120. The Morgan fingerprint density at radius 1 is 0.909 bits per heavy atom. The number of hydrogen-bond donors (Lipinski definition) is 3. The maximum absolute atomic E-state index is 12.4. The summed E-state index contributed by atoms with van der Waals surface area (Å²) in [6, 6.07) is 14.8. The van der Waals surface area contributed by atoms with Gasteiger partial charge in [-0.3, -0.25) is 9.59 Å². The van der Waals surface area contributed by atoms with Gasteiger partial charge in [0, 0.05) is 55.0 Å². The molecule has 0 atom stereocenters. The molecule has 3 aromatic rings. The van der Waals surface area contributed by atoms with Crippen molar-refractivity contribution < 1.29 is 14.4 Å². The zero-order valence-electron chi connectivity index (χ0n) is 19.4. The Hall–Kier alpha value is -3.81. The normalized spacial score (nSPS) is 10.6. The van der Waals surface area contributed by atoms with Crippen molar-refractivity contribution >= 4 is 40.1 Å². The number of hydrogen-bond acceptors (Lipinski definition) is 3. The second-order valence-corrected chi connectivity index (χ2v) is 7.79. The van der Waals surface area contributed by atoms with Gasteiger partial charge in [0.15, 0.2) is 0 Å². The molecule has 0 aliphatic carbocycles. The molecule has 0 radical (unpaired) electrons. The summed E-state index contributed by atoms with van der Waals surface area (Å²) in [7, 11) is 0. The van der Waals surface area contributed by atoms with Crippen molar-refractivity contribution in [2.24, 2.45) is 0 Å². The molecule has 1 heterocycles. The van der Waals surface area contributed by atoms with Gasteiger partial charge in [-0.1, -0.05) is 12.1 Å². The number of fused-ring (bicyclic) bond motifs is 1. The lowest BCUT2D eigenvalue weighted by Crippen LogP contribution is -2.33. The third-order valence-electron chi connectivity index (χ3n) is 5.42.